The zero-order valence-corrected chi connectivity index (χ0v) is 18.7. The Kier molecular flexibility index (Phi) is 8.07. The lowest BCUT2D eigenvalue weighted by Gasteiger charge is -2.27. The fraction of sp³-hybridized carbons (Fsp3) is 0.480. The average molecular weight is 427 g/mol. The van der Waals surface area contributed by atoms with Gasteiger partial charge in [-0.15, -0.1) is 0 Å². The first-order valence-corrected chi connectivity index (χ1v) is 10.9. The zero-order valence-electron chi connectivity index (χ0n) is 18.7. The average Bonchev–Trinajstić information content (AvgIpc) is 2.76. The van der Waals surface area contributed by atoms with Crippen molar-refractivity contribution in [3.8, 4) is 5.75 Å². The predicted molar refractivity (Wildman–Crippen MR) is 121 cm³/mol. The normalized spacial score (nSPS) is 16.5. The monoisotopic (exact) mass is 426 g/mol. The molecule has 1 aliphatic rings. The molecule has 0 saturated heterocycles. The third-order valence-electron chi connectivity index (χ3n) is 6.01. The van der Waals surface area contributed by atoms with Crippen molar-refractivity contribution < 1.29 is 19.7 Å². The van der Waals surface area contributed by atoms with E-state index in [2.05, 4.69) is 11.4 Å². The Balaban J connectivity index is 1.56. The van der Waals surface area contributed by atoms with E-state index in [1.54, 1.807) is 14.1 Å². The number of nitrogens with one attached hydrogen (secondary N) is 1. The summed E-state index contributed by atoms with van der Waals surface area (Å²) in [7, 11) is 3.43. The van der Waals surface area contributed by atoms with Crippen LogP contribution < -0.4 is 10.1 Å². The molecule has 0 aliphatic heterocycles. The summed E-state index contributed by atoms with van der Waals surface area (Å²) in [6, 6.07) is 12.3. The van der Waals surface area contributed by atoms with Crippen LogP contribution in [0.4, 0.5) is 0 Å². The summed E-state index contributed by atoms with van der Waals surface area (Å²) >= 11 is 0. The molecule has 2 aromatic carbocycles. The van der Waals surface area contributed by atoms with Gasteiger partial charge in [-0.1, -0.05) is 24.3 Å². The van der Waals surface area contributed by atoms with Crippen molar-refractivity contribution >= 4 is 5.91 Å². The van der Waals surface area contributed by atoms with Crippen LogP contribution in [-0.2, 0) is 24.1 Å². The van der Waals surface area contributed by atoms with Crippen molar-refractivity contribution in [3.63, 3.8) is 0 Å². The SMILES string of the molecule is Cc1ccc([C@@H](O)CN[C@H]2CCc3ccc(OCC(=O)N(C)C)cc3C2)cc1CCO. The topological polar surface area (TPSA) is 82.0 Å². The van der Waals surface area contributed by atoms with E-state index in [-0.39, 0.29) is 25.2 Å². The number of hydrogen-bond donors (Lipinski definition) is 3. The van der Waals surface area contributed by atoms with Gasteiger partial charge in [0.1, 0.15) is 5.75 Å². The van der Waals surface area contributed by atoms with E-state index in [1.165, 1.54) is 16.0 Å². The molecule has 2 atom stereocenters. The van der Waals surface area contributed by atoms with Crippen molar-refractivity contribution in [1.29, 1.82) is 0 Å². The molecule has 168 valence electrons. The number of fused-ring (bicyclic) bond motifs is 1. The molecule has 6 heteroatoms. The zero-order chi connectivity index (χ0) is 22.4. The molecule has 1 amide bonds. The van der Waals surface area contributed by atoms with Crippen molar-refractivity contribution in [2.45, 2.75) is 44.8 Å². The molecular weight excluding hydrogens is 392 g/mol. The highest BCUT2D eigenvalue weighted by Crippen LogP contribution is 2.26. The number of rotatable bonds is 9. The molecule has 6 nitrogen and oxygen atoms in total. The number of benzene rings is 2. The summed E-state index contributed by atoms with van der Waals surface area (Å²) in [5.74, 6) is 0.648. The quantitative estimate of drug-likeness (QED) is 0.573. The van der Waals surface area contributed by atoms with Gasteiger partial charge in [0.25, 0.3) is 5.91 Å². The first kappa shape index (κ1) is 23.3. The fourth-order valence-corrected chi connectivity index (χ4v) is 3.96. The van der Waals surface area contributed by atoms with E-state index in [0.717, 1.165) is 36.0 Å². The molecule has 3 N–H and O–H groups in total. The minimum absolute atomic E-state index is 0.0362. The molecule has 0 bridgehead atoms. The van der Waals surface area contributed by atoms with Gasteiger partial charge >= 0.3 is 0 Å². The van der Waals surface area contributed by atoms with Crippen LogP contribution in [0.25, 0.3) is 0 Å². The minimum atomic E-state index is -0.592. The first-order valence-electron chi connectivity index (χ1n) is 10.9. The lowest BCUT2D eigenvalue weighted by molar-refractivity contribution is -0.130. The second-order valence-electron chi connectivity index (χ2n) is 8.53. The van der Waals surface area contributed by atoms with E-state index in [0.29, 0.717) is 18.7 Å². The van der Waals surface area contributed by atoms with E-state index in [9.17, 15) is 15.0 Å². The number of likely N-dealkylation sites (N-methyl/N-ethyl adjacent to an activating group) is 1. The highest BCUT2D eigenvalue weighted by Gasteiger charge is 2.20. The molecule has 0 aromatic heterocycles. The summed E-state index contributed by atoms with van der Waals surface area (Å²) in [5.41, 5.74) is 5.63. The van der Waals surface area contributed by atoms with Crippen LogP contribution in [-0.4, -0.2) is 60.9 Å². The lowest BCUT2D eigenvalue weighted by atomic mass is 9.88. The van der Waals surface area contributed by atoms with Crippen LogP contribution in [0.2, 0.25) is 0 Å². The van der Waals surface area contributed by atoms with Gasteiger partial charge in [0.15, 0.2) is 6.61 Å². The minimum Gasteiger partial charge on any atom is -0.484 e. The highest BCUT2D eigenvalue weighted by atomic mass is 16.5. The number of aliphatic hydroxyl groups excluding tert-OH is 2. The van der Waals surface area contributed by atoms with E-state index < -0.39 is 6.10 Å². The Bertz CT molecular complexity index is 897. The van der Waals surface area contributed by atoms with Crippen LogP contribution in [0.1, 0.15) is 40.3 Å². The summed E-state index contributed by atoms with van der Waals surface area (Å²) in [5, 5.41) is 23.4. The lowest BCUT2D eigenvalue weighted by Crippen LogP contribution is -2.37. The van der Waals surface area contributed by atoms with Gasteiger partial charge in [0, 0.05) is 33.3 Å². The Morgan fingerprint density at radius 3 is 2.77 bits per heavy atom. The number of nitrogens with zero attached hydrogens (tertiary/aromatic N) is 1. The van der Waals surface area contributed by atoms with Crippen molar-refractivity contribution in [1.82, 2.24) is 10.2 Å². The van der Waals surface area contributed by atoms with Crippen LogP contribution in [0.3, 0.4) is 0 Å². The number of carbonyl (C=O) groups excluding carboxylic acids is 1. The smallest absolute Gasteiger partial charge is 0.259 e. The molecule has 2 aromatic rings. The Labute approximate surface area is 184 Å². The van der Waals surface area contributed by atoms with Crippen LogP contribution in [0.5, 0.6) is 5.75 Å². The van der Waals surface area contributed by atoms with Gasteiger partial charge < -0.3 is 25.2 Å². The summed E-state index contributed by atoms with van der Waals surface area (Å²) < 4.78 is 5.66. The van der Waals surface area contributed by atoms with E-state index >= 15 is 0 Å². The van der Waals surface area contributed by atoms with Gasteiger partial charge in [-0.3, -0.25) is 4.79 Å². The Morgan fingerprint density at radius 1 is 1.23 bits per heavy atom. The molecule has 3 rings (SSSR count). The molecule has 31 heavy (non-hydrogen) atoms. The molecule has 0 saturated carbocycles. The van der Waals surface area contributed by atoms with Crippen molar-refractivity contribution in [2.24, 2.45) is 0 Å². The van der Waals surface area contributed by atoms with Crippen LogP contribution in [0, 0.1) is 6.92 Å². The maximum atomic E-state index is 11.8. The number of aryl methyl sites for hydroxylation is 2. The van der Waals surface area contributed by atoms with Gasteiger partial charge in [-0.25, -0.2) is 0 Å². The van der Waals surface area contributed by atoms with Crippen LogP contribution >= 0.6 is 0 Å². The number of carbonyl (C=O) groups is 1. The molecule has 0 radical (unpaired) electrons. The van der Waals surface area contributed by atoms with E-state index in [1.807, 2.05) is 37.3 Å². The molecular formula is C25H34N2O4. The maximum Gasteiger partial charge on any atom is 0.259 e. The molecule has 0 fully saturated rings. The summed E-state index contributed by atoms with van der Waals surface area (Å²) in [4.78, 5) is 13.3. The van der Waals surface area contributed by atoms with Crippen LogP contribution in [0.15, 0.2) is 36.4 Å². The second kappa shape index (κ2) is 10.8. The van der Waals surface area contributed by atoms with Crippen molar-refractivity contribution in [3.05, 3.63) is 64.2 Å². The van der Waals surface area contributed by atoms with Gasteiger partial charge in [-0.05, 0) is 72.6 Å². The van der Waals surface area contributed by atoms with E-state index in [4.69, 9.17) is 4.74 Å². The van der Waals surface area contributed by atoms with Gasteiger partial charge in [0.05, 0.1) is 6.10 Å². The number of aliphatic hydroxyl groups is 2. The third-order valence-corrected chi connectivity index (χ3v) is 6.01. The Morgan fingerprint density at radius 2 is 2.03 bits per heavy atom. The molecule has 0 unspecified atom stereocenters. The standard InChI is InChI=1S/C25H34N2O4/c1-17-4-5-20(12-19(17)10-11-28)24(29)15-26-22-8-6-18-7-9-23(14-21(18)13-22)31-16-25(30)27(2)3/h4-5,7,9,12,14,22,24,26,28-29H,6,8,10-11,13,15-16H2,1-3H3/t22-,24-/m0/s1. The van der Waals surface area contributed by atoms with Gasteiger partial charge in [-0.2, -0.15) is 0 Å². The molecule has 0 heterocycles. The largest absolute Gasteiger partial charge is 0.484 e. The predicted octanol–water partition coefficient (Wildman–Crippen LogP) is 2.18. The second-order valence-corrected chi connectivity index (χ2v) is 8.53. The fourth-order valence-electron chi connectivity index (χ4n) is 3.96. The third kappa shape index (κ3) is 6.29. The Hall–Kier alpha value is -2.41. The van der Waals surface area contributed by atoms with Crippen molar-refractivity contribution in [2.75, 3.05) is 33.9 Å². The van der Waals surface area contributed by atoms with Gasteiger partial charge in [0.2, 0.25) is 0 Å². The first-order chi connectivity index (χ1) is 14.9. The summed E-state index contributed by atoms with van der Waals surface area (Å²) in [6.45, 7) is 2.64. The maximum absolute atomic E-state index is 11.8. The number of ether oxygens (including phenoxy) is 1. The number of amides is 1. The molecule has 1 aliphatic carbocycles. The summed E-state index contributed by atoms with van der Waals surface area (Å²) in [6.07, 6.45) is 2.87. The molecule has 0 spiro atoms. The number of hydrogen-bond acceptors (Lipinski definition) is 5. The highest BCUT2D eigenvalue weighted by molar-refractivity contribution is 5.77.